The van der Waals surface area contributed by atoms with Gasteiger partial charge >= 0.3 is 0 Å². The Labute approximate surface area is 193 Å². The zero-order valence-corrected chi connectivity index (χ0v) is 20.0. The molecule has 0 aliphatic carbocycles. The first-order chi connectivity index (χ1) is 14.8. The molecule has 1 aliphatic rings. The molecule has 11 heteroatoms. The van der Waals surface area contributed by atoms with Crippen LogP contribution in [-0.4, -0.2) is 46.0 Å². The Hall–Kier alpha value is -1.66. The highest BCUT2D eigenvalue weighted by Gasteiger charge is 2.22. The lowest BCUT2D eigenvalue weighted by Crippen LogP contribution is -2.14. The van der Waals surface area contributed by atoms with Crippen molar-refractivity contribution >= 4 is 43.5 Å². The molecule has 0 amide bonds. The molecule has 1 aliphatic heterocycles. The van der Waals surface area contributed by atoms with Crippen LogP contribution in [0.4, 0.5) is 5.69 Å². The van der Waals surface area contributed by atoms with Crippen LogP contribution in [-0.2, 0) is 25.5 Å². The average molecular weight is 532 g/mol. The summed E-state index contributed by atoms with van der Waals surface area (Å²) in [6, 6.07) is 8.68. The van der Waals surface area contributed by atoms with Gasteiger partial charge in [-0.15, -0.1) is 0 Å². The van der Waals surface area contributed by atoms with E-state index < -0.39 is 15.0 Å². The third-order valence-corrected chi connectivity index (χ3v) is 8.00. The van der Waals surface area contributed by atoms with Crippen LogP contribution < -0.4 is 4.74 Å². The number of aryl methyl sites for hydroxylation is 1. The topological polar surface area (TPSA) is 105 Å². The van der Waals surface area contributed by atoms with E-state index in [2.05, 4.69) is 28.1 Å². The maximum Gasteiger partial charge on any atom is 0.297 e. The fraction of sp³-hybridized carbons (Fsp3) is 0.400. The van der Waals surface area contributed by atoms with Gasteiger partial charge in [0.1, 0.15) is 5.75 Å². The molecule has 0 fully saturated rings. The number of nitro groups is 1. The minimum absolute atomic E-state index is 0.107. The zero-order chi connectivity index (χ0) is 22.4. The smallest absolute Gasteiger partial charge is 0.297 e. The molecule has 0 saturated heterocycles. The summed E-state index contributed by atoms with van der Waals surface area (Å²) in [6.45, 7) is 0.392. The first-order valence-corrected chi connectivity index (χ1v) is 12.8. The van der Waals surface area contributed by atoms with Crippen molar-refractivity contribution in [3.8, 4) is 5.75 Å². The molecule has 0 bridgehead atoms. The molecule has 8 nitrogen and oxygen atoms in total. The largest absolute Gasteiger partial charge is 0.496 e. The molecule has 0 radical (unpaired) electrons. The molecule has 1 atom stereocenters. The van der Waals surface area contributed by atoms with Crippen LogP contribution in [0.3, 0.4) is 0 Å². The van der Waals surface area contributed by atoms with Gasteiger partial charge in [0.2, 0.25) is 0 Å². The van der Waals surface area contributed by atoms with Crippen LogP contribution in [0.25, 0.3) is 0 Å². The molecule has 2 aromatic carbocycles. The lowest BCUT2D eigenvalue weighted by Gasteiger charge is -2.19. The lowest BCUT2D eigenvalue weighted by molar-refractivity contribution is -0.384. The Bertz CT molecular complexity index is 1030. The second kappa shape index (κ2) is 10.8. The molecule has 2 aromatic rings. The summed E-state index contributed by atoms with van der Waals surface area (Å²) in [5.41, 5.74) is 2.23. The Morgan fingerprint density at radius 2 is 1.97 bits per heavy atom. The summed E-state index contributed by atoms with van der Waals surface area (Å²) in [5.74, 6) is 1.81. The highest BCUT2D eigenvalue weighted by molar-refractivity contribution is 9.10. The molecule has 1 unspecified atom stereocenters. The van der Waals surface area contributed by atoms with E-state index in [0.29, 0.717) is 6.61 Å². The van der Waals surface area contributed by atoms with E-state index in [-0.39, 0.29) is 29.0 Å². The van der Waals surface area contributed by atoms with Crippen LogP contribution >= 0.6 is 27.7 Å². The van der Waals surface area contributed by atoms with E-state index in [0.717, 1.165) is 53.1 Å². The van der Waals surface area contributed by atoms with Crippen molar-refractivity contribution in [2.24, 2.45) is 0 Å². The fourth-order valence-electron chi connectivity index (χ4n) is 3.20. The van der Waals surface area contributed by atoms with Crippen LogP contribution in [0.1, 0.15) is 22.8 Å². The van der Waals surface area contributed by atoms with E-state index in [4.69, 9.17) is 13.7 Å². The molecule has 1 heterocycles. The molecule has 0 N–H and O–H groups in total. The van der Waals surface area contributed by atoms with Crippen molar-refractivity contribution in [2.75, 3.05) is 32.7 Å². The zero-order valence-electron chi connectivity index (χ0n) is 16.8. The van der Waals surface area contributed by atoms with Crippen molar-refractivity contribution in [3.05, 3.63) is 62.1 Å². The standard InChI is InChI=1S/C20H22BrNO7S2/c1-27-19-11-14-3-2-10-30-20(17(14)12-18(19)21)13-28-8-9-29-31(25,26)16-6-4-15(5-7-16)22(23)24/h4-7,11-12,20H,2-3,8-10,13H2,1H3. The van der Waals surface area contributed by atoms with Crippen molar-refractivity contribution in [3.63, 3.8) is 0 Å². The van der Waals surface area contributed by atoms with Crippen LogP contribution in [0.15, 0.2) is 45.8 Å². The van der Waals surface area contributed by atoms with Crippen molar-refractivity contribution < 1.29 is 27.0 Å². The van der Waals surface area contributed by atoms with Gasteiger partial charge in [-0.25, -0.2) is 0 Å². The number of fused-ring (bicyclic) bond motifs is 1. The second-order valence-corrected chi connectivity index (χ2v) is 10.5. The third kappa shape index (κ3) is 6.19. The van der Waals surface area contributed by atoms with Crippen LogP contribution in [0.2, 0.25) is 0 Å². The Morgan fingerprint density at radius 1 is 1.23 bits per heavy atom. The van der Waals surface area contributed by atoms with E-state index in [1.807, 2.05) is 11.8 Å². The molecule has 0 saturated carbocycles. The normalized spacial score (nSPS) is 16.4. The summed E-state index contributed by atoms with van der Waals surface area (Å²) in [7, 11) is -2.36. The van der Waals surface area contributed by atoms with Crippen molar-refractivity contribution in [1.29, 1.82) is 0 Å². The van der Waals surface area contributed by atoms with E-state index in [9.17, 15) is 18.5 Å². The van der Waals surface area contributed by atoms with E-state index >= 15 is 0 Å². The second-order valence-electron chi connectivity index (χ2n) is 6.75. The number of non-ortho nitro benzene ring substituents is 1. The number of thioether (sulfide) groups is 1. The summed E-state index contributed by atoms with van der Waals surface area (Å²) in [6.07, 6.45) is 2.04. The number of halogens is 1. The average Bonchev–Trinajstić information content (AvgIpc) is 2.94. The summed E-state index contributed by atoms with van der Waals surface area (Å²) in [5, 5.41) is 10.8. The number of hydrogen-bond donors (Lipinski definition) is 0. The summed E-state index contributed by atoms with van der Waals surface area (Å²) in [4.78, 5) is 9.96. The first kappa shape index (κ1) is 24.0. The monoisotopic (exact) mass is 531 g/mol. The van der Waals surface area contributed by atoms with E-state index in [1.165, 1.54) is 11.1 Å². The number of benzene rings is 2. The maximum absolute atomic E-state index is 12.2. The molecule has 3 rings (SSSR count). The molecule has 0 spiro atoms. The van der Waals surface area contributed by atoms with E-state index in [1.54, 1.807) is 7.11 Å². The minimum Gasteiger partial charge on any atom is -0.496 e. The van der Waals surface area contributed by atoms with Gasteiger partial charge in [-0.1, -0.05) is 0 Å². The SMILES string of the molecule is COc1cc2c(cc1Br)C(COCCOS(=O)(=O)c1ccc([N+](=O)[O-])cc1)SCCC2. The number of rotatable bonds is 9. The highest BCUT2D eigenvalue weighted by atomic mass is 79.9. The number of methoxy groups -OCH3 is 1. The fourth-order valence-corrected chi connectivity index (χ4v) is 5.80. The van der Waals surface area contributed by atoms with Gasteiger partial charge in [0.25, 0.3) is 15.8 Å². The Morgan fingerprint density at radius 3 is 2.65 bits per heavy atom. The van der Waals surface area contributed by atoms with Crippen LogP contribution in [0.5, 0.6) is 5.75 Å². The predicted molar refractivity (Wildman–Crippen MR) is 121 cm³/mol. The Kier molecular flexibility index (Phi) is 8.34. The lowest BCUT2D eigenvalue weighted by atomic mass is 10.0. The van der Waals surface area contributed by atoms with Gasteiger partial charge in [-0.2, -0.15) is 20.2 Å². The van der Waals surface area contributed by atoms with Gasteiger partial charge in [-0.3, -0.25) is 14.3 Å². The van der Waals surface area contributed by atoms with Crippen LogP contribution in [0, 0.1) is 10.1 Å². The van der Waals surface area contributed by atoms with Crippen molar-refractivity contribution in [2.45, 2.75) is 23.0 Å². The summed E-state index contributed by atoms with van der Waals surface area (Å²) < 4.78 is 41.4. The third-order valence-electron chi connectivity index (χ3n) is 4.74. The number of ether oxygens (including phenoxy) is 2. The number of nitrogens with zero attached hydrogens (tertiary/aromatic N) is 1. The summed E-state index contributed by atoms with van der Waals surface area (Å²) >= 11 is 5.35. The molecule has 31 heavy (non-hydrogen) atoms. The quantitative estimate of drug-likeness (QED) is 0.201. The van der Waals surface area contributed by atoms with Gasteiger partial charge in [0.05, 0.1) is 46.5 Å². The van der Waals surface area contributed by atoms with Gasteiger partial charge in [0.15, 0.2) is 0 Å². The maximum atomic E-state index is 12.2. The van der Waals surface area contributed by atoms with Gasteiger partial charge in [0, 0.05) is 12.1 Å². The minimum atomic E-state index is -4.00. The van der Waals surface area contributed by atoms with Gasteiger partial charge < -0.3 is 9.47 Å². The van der Waals surface area contributed by atoms with Crippen molar-refractivity contribution in [1.82, 2.24) is 0 Å². The number of hydrogen-bond acceptors (Lipinski definition) is 8. The molecule has 168 valence electrons. The van der Waals surface area contributed by atoms with Gasteiger partial charge in [-0.05, 0) is 69.9 Å². The predicted octanol–water partition coefficient (Wildman–Crippen LogP) is 4.51. The molecular formula is C20H22BrNO7S2. The Balaban J connectivity index is 1.54. The molecular weight excluding hydrogens is 510 g/mol. The first-order valence-electron chi connectivity index (χ1n) is 9.51. The highest BCUT2D eigenvalue weighted by Crippen LogP contribution is 2.40. The number of nitro benzene ring substituents is 1. The molecule has 0 aromatic heterocycles.